The fourth-order valence-corrected chi connectivity index (χ4v) is 2.41. The molecule has 1 aliphatic heterocycles. The van der Waals surface area contributed by atoms with Crippen LogP contribution in [0.1, 0.15) is 38.9 Å². The monoisotopic (exact) mass is 277 g/mol. The van der Waals surface area contributed by atoms with Crippen LogP contribution in [0.25, 0.3) is 0 Å². The summed E-state index contributed by atoms with van der Waals surface area (Å²) in [5.41, 5.74) is 0. The van der Waals surface area contributed by atoms with Crippen molar-refractivity contribution < 1.29 is 9.53 Å². The fourth-order valence-electron chi connectivity index (χ4n) is 2.41. The molecule has 0 radical (unpaired) electrons. The van der Waals surface area contributed by atoms with Gasteiger partial charge in [-0.3, -0.25) is 4.79 Å². The average Bonchev–Trinajstić information content (AvgIpc) is 2.38. The SMILES string of the molecule is Cc1nccc(OC2CCCN(C(=O)CC(C)C)C2)n1. The Labute approximate surface area is 120 Å². The number of hydrogen-bond acceptors (Lipinski definition) is 4. The van der Waals surface area contributed by atoms with Crippen LogP contribution in [0, 0.1) is 12.8 Å². The van der Waals surface area contributed by atoms with E-state index in [1.54, 1.807) is 12.3 Å². The number of likely N-dealkylation sites (tertiary alicyclic amines) is 1. The first-order valence-electron chi connectivity index (χ1n) is 7.28. The Bertz CT molecular complexity index is 462. The number of nitrogens with zero attached hydrogens (tertiary/aromatic N) is 3. The minimum atomic E-state index is 0.0363. The molecule has 5 heteroatoms. The fraction of sp³-hybridized carbons (Fsp3) is 0.667. The van der Waals surface area contributed by atoms with Gasteiger partial charge in [-0.2, -0.15) is 4.98 Å². The Morgan fingerprint density at radius 1 is 1.55 bits per heavy atom. The number of hydrogen-bond donors (Lipinski definition) is 0. The molecule has 0 spiro atoms. The molecule has 1 unspecified atom stereocenters. The molecule has 1 aromatic rings. The van der Waals surface area contributed by atoms with E-state index in [-0.39, 0.29) is 12.0 Å². The second-order valence-electron chi connectivity index (χ2n) is 5.76. The third-order valence-electron chi connectivity index (χ3n) is 3.35. The van der Waals surface area contributed by atoms with Crippen LogP contribution in [0.3, 0.4) is 0 Å². The van der Waals surface area contributed by atoms with Gasteiger partial charge in [-0.25, -0.2) is 4.98 Å². The predicted octanol–water partition coefficient (Wildman–Crippen LogP) is 2.20. The number of carbonyl (C=O) groups excluding carboxylic acids is 1. The number of amides is 1. The molecule has 1 aromatic heterocycles. The molecule has 110 valence electrons. The maximum Gasteiger partial charge on any atom is 0.222 e. The summed E-state index contributed by atoms with van der Waals surface area (Å²) in [7, 11) is 0. The van der Waals surface area contributed by atoms with Crippen molar-refractivity contribution in [2.75, 3.05) is 13.1 Å². The summed E-state index contributed by atoms with van der Waals surface area (Å²) in [6.07, 6.45) is 4.29. The second kappa shape index (κ2) is 6.68. The highest BCUT2D eigenvalue weighted by atomic mass is 16.5. The first-order valence-corrected chi connectivity index (χ1v) is 7.28. The molecule has 5 nitrogen and oxygen atoms in total. The summed E-state index contributed by atoms with van der Waals surface area (Å²) in [5, 5.41) is 0. The average molecular weight is 277 g/mol. The summed E-state index contributed by atoms with van der Waals surface area (Å²) < 4.78 is 5.88. The highest BCUT2D eigenvalue weighted by molar-refractivity contribution is 5.76. The summed E-state index contributed by atoms with van der Waals surface area (Å²) >= 11 is 0. The number of carbonyl (C=O) groups is 1. The van der Waals surface area contributed by atoms with E-state index in [1.165, 1.54) is 0 Å². The van der Waals surface area contributed by atoms with E-state index >= 15 is 0 Å². The van der Waals surface area contributed by atoms with Crippen LogP contribution in [0.5, 0.6) is 5.88 Å². The molecule has 1 aliphatic rings. The number of rotatable bonds is 4. The Morgan fingerprint density at radius 3 is 3.05 bits per heavy atom. The van der Waals surface area contributed by atoms with Crippen LogP contribution in [-0.4, -0.2) is 40.0 Å². The van der Waals surface area contributed by atoms with Gasteiger partial charge in [0.15, 0.2) is 0 Å². The van der Waals surface area contributed by atoms with Crippen molar-refractivity contribution in [1.29, 1.82) is 0 Å². The number of ether oxygens (including phenoxy) is 1. The Balaban J connectivity index is 1.92. The van der Waals surface area contributed by atoms with Gasteiger partial charge in [0.2, 0.25) is 11.8 Å². The zero-order valence-corrected chi connectivity index (χ0v) is 12.5. The van der Waals surface area contributed by atoms with Crippen molar-refractivity contribution in [1.82, 2.24) is 14.9 Å². The minimum Gasteiger partial charge on any atom is -0.472 e. The highest BCUT2D eigenvalue weighted by Crippen LogP contribution is 2.18. The van der Waals surface area contributed by atoms with Crippen molar-refractivity contribution in [2.45, 2.75) is 46.1 Å². The van der Waals surface area contributed by atoms with Crippen molar-refractivity contribution in [3.63, 3.8) is 0 Å². The van der Waals surface area contributed by atoms with Crippen molar-refractivity contribution in [2.24, 2.45) is 5.92 Å². The normalized spacial score (nSPS) is 19.2. The Kier molecular flexibility index (Phi) is 4.93. The quantitative estimate of drug-likeness (QED) is 0.846. The van der Waals surface area contributed by atoms with Gasteiger partial charge in [-0.15, -0.1) is 0 Å². The topological polar surface area (TPSA) is 55.3 Å². The zero-order valence-electron chi connectivity index (χ0n) is 12.5. The second-order valence-corrected chi connectivity index (χ2v) is 5.76. The van der Waals surface area contributed by atoms with Gasteiger partial charge in [-0.05, 0) is 25.7 Å². The number of piperidine rings is 1. The molecule has 1 fully saturated rings. The summed E-state index contributed by atoms with van der Waals surface area (Å²) in [6, 6.07) is 1.77. The van der Waals surface area contributed by atoms with Gasteiger partial charge in [0.1, 0.15) is 11.9 Å². The lowest BCUT2D eigenvalue weighted by Crippen LogP contribution is -2.44. The molecule has 0 aromatic carbocycles. The highest BCUT2D eigenvalue weighted by Gasteiger charge is 2.25. The van der Waals surface area contributed by atoms with E-state index in [0.717, 1.165) is 19.4 Å². The Morgan fingerprint density at radius 2 is 2.35 bits per heavy atom. The molecule has 0 aliphatic carbocycles. The predicted molar refractivity (Wildman–Crippen MR) is 76.5 cm³/mol. The van der Waals surface area contributed by atoms with Crippen molar-refractivity contribution in [3.05, 3.63) is 18.1 Å². The van der Waals surface area contributed by atoms with Crippen LogP contribution < -0.4 is 4.74 Å². The van der Waals surface area contributed by atoms with Gasteiger partial charge in [0, 0.05) is 25.2 Å². The van der Waals surface area contributed by atoms with Crippen molar-refractivity contribution in [3.8, 4) is 5.88 Å². The van der Waals surface area contributed by atoms with Gasteiger partial charge in [0.05, 0.1) is 6.54 Å². The summed E-state index contributed by atoms with van der Waals surface area (Å²) in [5.74, 6) is 1.92. The van der Waals surface area contributed by atoms with Crippen LogP contribution >= 0.6 is 0 Å². The van der Waals surface area contributed by atoms with E-state index in [0.29, 0.717) is 30.6 Å². The lowest BCUT2D eigenvalue weighted by atomic mass is 10.1. The van der Waals surface area contributed by atoms with Gasteiger partial charge in [-0.1, -0.05) is 13.8 Å². The maximum absolute atomic E-state index is 12.1. The third-order valence-corrected chi connectivity index (χ3v) is 3.35. The van der Waals surface area contributed by atoms with Gasteiger partial charge in [0.25, 0.3) is 0 Å². The zero-order chi connectivity index (χ0) is 14.5. The smallest absolute Gasteiger partial charge is 0.222 e. The molecule has 1 saturated heterocycles. The van der Waals surface area contributed by atoms with Crippen LogP contribution in [0.15, 0.2) is 12.3 Å². The maximum atomic E-state index is 12.1. The molecule has 2 rings (SSSR count). The molecule has 1 atom stereocenters. The third kappa shape index (κ3) is 4.18. The molecule has 1 amide bonds. The van der Waals surface area contributed by atoms with E-state index in [4.69, 9.17) is 4.74 Å². The first kappa shape index (κ1) is 14.8. The van der Waals surface area contributed by atoms with E-state index in [2.05, 4.69) is 23.8 Å². The van der Waals surface area contributed by atoms with Crippen molar-refractivity contribution >= 4 is 5.91 Å². The molecular formula is C15H23N3O2. The minimum absolute atomic E-state index is 0.0363. The van der Waals surface area contributed by atoms with Gasteiger partial charge >= 0.3 is 0 Å². The number of aromatic nitrogens is 2. The van der Waals surface area contributed by atoms with Crippen LogP contribution in [0.4, 0.5) is 0 Å². The lowest BCUT2D eigenvalue weighted by molar-refractivity contribution is -0.134. The summed E-state index contributed by atoms with van der Waals surface area (Å²) in [4.78, 5) is 22.3. The van der Waals surface area contributed by atoms with Crippen LogP contribution in [-0.2, 0) is 4.79 Å². The molecule has 0 saturated carbocycles. The standard InChI is InChI=1S/C15H23N3O2/c1-11(2)9-15(19)18-8-4-5-13(10-18)20-14-6-7-16-12(3)17-14/h6-7,11,13H,4-5,8-10H2,1-3H3. The molecule has 0 bridgehead atoms. The van der Waals surface area contributed by atoms with E-state index in [9.17, 15) is 4.79 Å². The molecule has 2 heterocycles. The number of aryl methyl sites for hydroxylation is 1. The van der Waals surface area contributed by atoms with E-state index < -0.39 is 0 Å². The molecule has 20 heavy (non-hydrogen) atoms. The molecule has 0 N–H and O–H groups in total. The largest absolute Gasteiger partial charge is 0.472 e. The van der Waals surface area contributed by atoms with Crippen LogP contribution in [0.2, 0.25) is 0 Å². The molecular weight excluding hydrogens is 254 g/mol. The first-order chi connectivity index (χ1) is 9.54. The van der Waals surface area contributed by atoms with E-state index in [1.807, 2.05) is 11.8 Å². The lowest BCUT2D eigenvalue weighted by Gasteiger charge is -2.33. The van der Waals surface area contributed by atoms with Gasteiger partial charge < -0.3 is 9.64 Å². The Hall–Kier alpha value is -1.65. The summed E-state index contributed by atoms with van der Waals surface area (Å²) in [6.45, 7) is 7.48.